The minimum absolute atomic E-state index is 0.0498. The Kier molecular flexibility index (Phi) is 4.98. The van der Waals surface area contributed by atoms with Gasteiger partial charge in [-0.2, -0.15) is 5.26 Å². The molecule has 0 aliphatic carbocycles. The second-order valence-electron chi connectivity index (χ2n) is 3.45. The van der Waals surface area contributed by atoms with Gasteiger partial charge in [-0.25, -0.2) is 4.98 Å². The van der Waals surface area contributed by atoms with E-state index in [-0.39, 0.29) is 30.2 Å². The predicted octanol–water partition coefficient (Wildman–Crippen LogP) is 0.281. The van der Waals surface area contributed by atoms with Gasteiger partial charge in [0.05, 0.1) is 17.6 Å². The quantitative estimate of drug-likeness (QED) is 0.550. The van der Waals surface area contributed by atoms with Crippen LogP contribution in [-0.2, 0) is 4.74 Å². The molecule has 1 aromatic heterocycles. The summed E-state index contributed by atoms with van der Waals surface area (Å²) >= 11 is 0. The van der Waals surface area contributed by atoms with Crippen LogP contribution in [0, 0.1) is 21.4 Å². The van der Waals surface area contributed by atoms with Crippen LogP contribution in [0.2, 0.25) is 0 Å². The first-order valence-corrected chi connectivity index (χ1v) is 5.04. The van der Waals surface area contributed by atoms with Gasteiger partial charge in [-0.05, 0) is 0 Å². The fourth-order valence-electron chi connectivity index (χ4n) is 1.25. The first-order valence-electron chi connectivity index (χ1n) is 5.04. The number of ether oxygens (including phenoxy) is 1. The Labute approximate surface area is 103 Å². The van der Waals surface area contributed by atoms with E-state index < -0.39 is 11.0 Å². The zero-order valence-corrected chi connectivity index (χ0v) is 9.66. The first-order chi connectivity index (χ1) is 8.58. The van der Waals surface area contributed by atoms with E-state index in [0.29, 0.717) is 0 Å². The van der Waals surface area contributed by atoms with Crippen LogP contribution < -0.4 is 5.32 Å². The molecule has 1 aromatic rings. The summed E-state index contributed by atoms with van der Waals surface area (Å²) < 4.78 is 4.73. The number of pyridine rings is 1. The molecule has 2 N–H and O–H groups in total. The molecule has 0 spiro atoms. The smallest absolute Gasteiger partial charge is 0.289 e. The van der Waals surface area contributed by atoms with Crippen molar-refractivity contribution in [2.45, 2.75) is 6.10 Å². The molecule has 0 saturated carbocycles. The molecule has 0 aliphatic rings. The average molecular weight is 252 g/mol. The monoisotopic (exact) mass is 252 g/mol. The molecule has 18 heavy (non-hydrogen) atoms. The lowest BCUT2D eigenvalue weighted by molar-refractivity contribution is -0.385. The third kappa shape index (κ3) is 3.65. The highest BCUT2D eigenvalue weighted by atomic mass is 16.6. The lowest BCUT2D eigenvalue weighted by atomic mass is 10.2. The lowest BCUT2D eigenvalue weighted by Gasteiger charge is -2.11. The van der Waals surface area contributed by atoms with Crippen LogP contribution >= 0.6 is 0 Å². The SMILES string of the molecule is COCC(O)CNc1ncc([N+](=O)[O-])cc1C#N. The van der Waals surface area contributed by atoms with Crippen molar-refractivity contribution in [3.63, 3.8) is 0 Å². The molecule has 8 nitrogen and oxygen atoms in total. The zero-order chi connectivity index (χ0) is 13.5. The highest BCUT2D eigenvalue weighted by molar-refractivity contribution is 5.55. The van der Waals surface area contributed by atoms with Gasteiger partial charge in [0.2, 0.25) is 0 Å². The molecular weight excluding hydrogens is 240 g/mol. The van der Waals surface area contributed by atoms with Crippen molar-refractivity contribution < 1.29 is 14.8 Å². The van der Waals surface area contributed by atoms with E-state index in [0.717, 1.165) is 12.3 Å². The van der Waals surface area contributed by atoms with Crippen LogP contribution in [0.15, 0.2) is 12.3 Å². The number of aliphatic hydroxyl groups excluding tert-OH is 1. The van der Waals surface area contributed by atoms with Gasteiger partial charge in [0, 0.05) is 19.7 Å². The van der Waals surface area contributed by atoms with Crippen molar-refractivity contribution in [3.05, 3.63) is 27.9 Å². The fraction of sp³-hybridized carbons (Fsp3) is 0.400. The molecule has 0 fully saturated rings. The summed E-state index contributed by atoms with van der Waals surface area (Å²) in [6.45, 7) is 0.273. The Morgan fingerprint density at radius 3 is 3.06 bits per heavy atom. The van der Waals surface area contributed by atoms with Crippen molar-refractivity contribution in [1.29, 1.82) is 5.26 Å². The van der Waals surface area contributed by atoms with Gasteiger partial charge >= 0.3 is 0 Å². The number of hydrogen-bond acceptors (Lipinski definition) is 7. The highest BCUT2D eigenvalue weighted by Crippen LogP contribution is 2.17. The van der Waals surface area contributed by atoms with Crippen molar-refractivity contribution >= 4 is 11.5 Å². The fourth-order valence-corrected chi connectivity index (χ4v) is 1.25. The number of aliphatic hydroxyl groups is 1. The Balaban J connectivity index is 2.78. The maximum absolute atomic E-state index is 10.5. The van der Waals surface area contributed by atoms with Crippen LogP contribution in [0.25, 0.3) is 0 Å². The van der Waals surface area contributed by atoms with E-state index in [1.54, 1.807) is 6.07 Å². The van der Waals surface area contributed by atoms with E-state index in [1.165, 1.54) is 7.11 Å². The number of hydrogen-bond donors (Lipinski definition) is 2. The minimum atomic E-state index is -0.751. The number of anilines is 1. The van der Waals surface area contributed by atoms with Gasteiger partial charge < -0.3 is 15.2 Å². The molecule has 1 unspecified atom stereocenters. The first kappa shape index (κ1) is 13.8. The standard InChI is InChI=1S/C10H12N4O4/c1-18-6-9(15)5-13-10-7(3-11)2-8(4-12-10)14(16)17/h2,4,9,15H,5-6H2,1H3,(H,12,13). The maximum atomic E-state index is 10.5. The normalized spacial score (nSPS) is 11.6. The van der Waals surface area contributed by atoms with Gasteiger partial charge in [-0.15, -0.1) is 0 Å². The summed E-state index contributed by atoms with van der Waals surface area (Å²) in [5.74, 6) is 0.193. The average Bonchev–Trinajstić information content (AvgIpc) is 2.36. The summed E-state index contributed by atoms with van der Waals surface area (Å²) in [7, 11) is 1.45. The Morgan fingerprint density at radius 1 is 1.78 bits per heavy atom. The molecule has 96 valence electrons. The molecule has 0 aliphatic heterocycles. The third-order valence-corrected chi connectivity index (χ3v) is 2.07. The van der Waals surface area contributed by atoms with Crippen LogP contribution in [0.5, 0.6) is 0 Å². The molecule has 0 radical (unpaired) electrons. The molecular formula is C10H12N4O4. The van der Waals surface area contributed by atoms with Crippen molar-refractivity contribution in [3.8, 4) is 6.07 Å². The second kappa shape index (κ2) is 6.48. The van der Waals surface area contributed by atoms with E-state index in [4.69, 9.17) is 10.00 Å². The number of aromatic nitrogens is 1. The van der Waals surface area contributed by atoms with E-state index in [1.807, 2.05) is 0 Å². The Hall–Kier alpha value is -2.24. The van der Waals surface area contributed by atoms with Crippen LogP contribution in [0.1, 0.15) is 5.56 Å². The highest BCUT2D eigenvalue weighted by Gasteiger charge is 2.13. The number of rotatable bonds is 6. The molecule has 1 atom stereocenters. The maximum Gasteiger partial charge on any atom is 0.289 e. The summed E-state index contributed by atoms with van der Waals surface area (Å²) in [4.78, 5) is 13.7. The minimum Gasteiger partial charge on any atom is -0.389 e. The molecule has 0 amide bonds. The summed E-state index contributed by atoms with van der Waals surface area (Å²) in [5.41, 5.74) is -0.205. The summed E-state index contributed by atoms with van der Waals surface area (Å²) in [5, 5.41) is 31.5. The van der Waals surface area contributed by atoms with Gasteiger partial charge in [0.1, 0.15) is 23.6 Å². The van der Waals surface area contributed by atoms with Crippen LogP contribution in [0.3, 0.4) is 0 Å². The molecule has 0 bridgehead atoms. The number of methoxy groups -OCH3 is 1. The molecule has 1 rings (SSSR count). The number of nitrogens with zero attached hydrogens (tertiary/aromatic N) is 3. The largest absolute Gasteiger partial charge is 0.389 e. The number of nitrogens with one attached hydrogen (secondary N) is 1. The van der Waals surface area contributed by atoms with Gasteiger partial charge in [0.15, 0.2) is 0 Å². The van der Waals surface area contributed by atoms with Crippen LogP contribution in [0.4, 0.5) is 11.5 Å². The van der Waals surface area contributed by atoms with Crippen molar-refractivity contribution in [2.75, 3.05) is 25.6 Å². The Morgan fingerprint density at radius 2 is 2.50 bits per heavy atom. The van der Waals surface area contributed by atoms with E-state index in [2.05, 4.69) is 10.3 Å². The van der Waals surface area contributed by atoms with Crippen molar-refractivity contribution in [1.82, 2.24) is 4.98 Å². The topological polar surface area (TPSA) is 121 Å². The number of nitriles is 1. The summed E-state index contributed by atoms with van der Waals surface area (Å²) in [6.07, 6.45) is 0.296. The van der Waals surface area contributed by atoms with E-state index in [9.17, 15) is 15.2 Å². The molecule has 1 heterocycles. The number of nitro groups is 1. The predicted molar refractivity (Wildman–Crippen MR) is 62.0 cm³/mol. The summed E-state index contributed by atoms with van der Waals surface area (Å²) in [6, 6.07) is 2.93. The molecule has 0 saturated heterocycles. The lowest BCUT2D eigenvalue weighted by Crippen LogP contribution is -2.24. The third-order valence-electron chi connectivity index (χ3n) is 2.07. The van der Waals surface area contributed by atoms with Gasteiger partial charge in [-0.3, -0.25) is 10.1 Å². The Bertz CT molecular complexity index is 471. The zero-order valence-electron chi connectivity index (χ0n) is 9.66. The van der Waals surface area contributed by atoms with Crippen molar-refractivity contribution in [2.24, 2.45) is 0 Å². The van der Waals surface area contributed by atoms with Gasteiger partial charge in [0.25, 0.3) is 5.69 Å². The second-order valence-corrected chi connectivity index (χ2v) is 3.45. The molecule has 0 aromatic carbocycles. The van der Waals surface area contributed by atoms with E-state index >= 15 is 0 Å². The van der Waals surface area contributed by atoms with Gasteiger partial charge in [-0.1, -0.05) is 0 Å². The molecule has 8 heteroatoms. The van der Waals surface area contributed by atoms with Crippen LogP contribution in [-0.4, -0.2) is 41.4 Å².